The predicted molar refractivity (Wildman–Crippen MR) is 105 cm³/mol. The molecule has 4 rings (SSSR count). The summed E-state index contributed by atoms with van der Waals surface area (Å²) in [4.78, 5) is 42.7. The Morgan fingerprint density at radius 1 is 0.786 bits per heavy atom. The molecule has 0 radical (unpaired) electrons. The van der Waals surface area contributed by atoms with Gasteiger partial charge in [0, 0.05) is 58.0 Å². The number of hydrogen-bond acceptors (Lipinski definition) is 3. The maximum atomic E-state index is 12.8. The van der Waals surface area contributed by atoms with E-state index in [0.717, 1.165) is 19.3 Å². The highest BCUT2D eigenvalue weighted by Crippen LogP contribution is 2.48. The third kappa shape index (κ3) is 3.91. The van der Waals surface area contributed by atoms with E-state index in [2.05, 4.69) is 12.1 Å². The van der Waals surface area contributed by atoms with Gasteiger partial charge in [0.25, 0.3) is 0 Å². The fourth-order valence-corrected chi connectivity index (χ4v) is 4.62. The molecule has 1 aromatic rings. The minimum atomic E-state index is 0.0174. The molecule has 6 nitrogen and oxygen atoms in total. The Morgan fingerprint density at radius 2 is 1.36 bits per heavy atom. The van der Waals surface area contributed by atoms with Gasteiger partial charge in [0.1, 0.15) is 0 Å². The molecule has 150 valence electrons. The van der Waals surface area contributed by atoms with Gasteiger partial charge in [-0.1, -0.05) is 30.3 Å². The first-order chi connectivity index (χ1) is 13.5. The number of carbonyl (C=O) groups is 3. The second-order valence-electron chi connectivity index (χ2n) is 8.29. The van der Waals surface area contributed by atoms with Gasteiger partial charge in [0.2, 0.25) is 17.7 Å². The second-order valence-corrected chi connectivity index (χ2v) is 8.29. The second kappa shape index (κ2) is 7.94. The van der Waals surface area contributed by atoms with E-state index >= 15 is 0 Å². The zero-order chi connectivity index (χ0) is 19.7. The van der Waals surface area contributed by atoms with Crippen LogP contribution in [0, 0.1) is 11.8 Å². The molecule has 2 atom stereocenters. The summed E-state index contributed by atoms with van der Waals surface area (Å²) in [7, 11) is 0. The molecule has 0 bridgehead atoms. The van der Waals surface area contributed by atoms with Gasteiger partial charge in [0.15, 0.2) is 0 Å². The van der Waals surface area contributed by atoms with Crippen molar-refractivity contribution in [1.82, 2.24) is 14.7 Å². The normalized spacial score (nSPS) is 25.5. The van der Waals surface area contributed by atoms with Gasteiger partial charge in [0.05, 0.1) is 0 Å². The summed E-state index contributed by atoms with van der Waals surface area (Å²) in [6.45, 7) is 5.45. The zero-order valence-electron chi connectivity index (χ0n) is 16.5. The molecule has 0 aromatic heterocycles. The van der Waals surface area contributed by atoms with Crippen LogP contribution >= 0.6 is 0 Å². The third-order valence-electron chi connectivity index (χ3n) is 6.53. The molecule has 0 N–H and O–H groups in total. The van der Waals surface area contributed by atoms with Crippen molar-refractivity contribution in [3.63, 3.8) is 0 Å². The average molecular weight is 383 g/mol. The van der Waals surface area contributed by atoms with Crippen LogP contribution in [0.5, 0.6) is 0 Å². The summed E-state index contributed by atoms with van der Waals surface area (Å²) in [5.74, 6) is 1.02. The molecule has 1 saturated carbocycles. The maximum Gasteiger partial charge on any atom is 0.226 e. The van der Waals surface area contributed by atoms with Crippen LogP contribution in [0.2, 0.25) is 0 Å². The molecule has 1 aliphatic carbocycles. The van der Waals surface area contributed by atoms with Gasteiger partial charge in [-0.05, 0) is 30.7 Å². The fraction of sp³-hybridized carbons (Fsp3) is 0.591. The lowest BCUT2D eigenvalue weighted by molar-refractivity contribution is -0.144. The molecule has 2 saturated heterocycles. The minimum Gasteiger partial charge on any atom is -0.343 e. The molecular formula is C22H29N3O3. The van der Waals surface area contributed by atoms with E-state index in [0.29, 0.717) is 45.2 Å². The highest BCUT2D eigenvalue weighted by Gasteiger charge is 2.46. The van der Waals surface area contributed by atoms with Crippen molar-refractivity contribution >= 4 is 17.7 Å². The topological polar surface area (TPSA) is 60.9 Å². The highest BCUT2D eigenvalue weighted by molar-refractivity contribution is 5.84. The summed E-state index contributed by atoms with van der Waals surface area (Å²) < 4.78 is 0. The largest absolute Gasteiger partial charge is 0.343 e. The third-order valence-corrected chi connectivity index (χ3v) is 6.53. The first-order valence-electron chi connectivity index (χ1n) is 10.4. The number of nitrogens with zero attached hydrogens (tertiary/aromatic N) is 3. The van der Waals surface area contributed by atoms with Crippen molar-refractivity contribution in [1.29, 1.82) is 0 Å². The molecule has 3 amide bonds. The Morgan fingerprint density at radius 3 is 1.93 bits per heavy atom. The van der Waals surface area contributed by atoms with E-state index in [-0.39, 0.29) is 29.6 Å². The van der Waals surface area contributed by atoms with E-state index in [1.807, 2.05) is 32.9 Å². The van der Waals surface area contributed by atoms with E-state index in [9.17, 15) is 14.4 Å². The molecular weight excluding hydrogens is 354 g/mol. The summed E-state index contributed by atoms with van der Waals surface area (Å²) in [6, 6.07) is 10.3. The van der Waals surface area contributed by atoms with E-state index in [1.54, 1.807) is 6.92 Å². The van der Waals surface area contributed by atoms with E-state index in [4.69, 9.17) is 0 Å². The summed E-state index contributed by atoms with van der Waals surface area (Å²) in [5.41, 5.74) is 1.26. The Balaban J connectivity index is 1.24. The standard InChI is InChI=1S/C22H29N3O3/c1-16(26)23-9-7-18(8-10-23)21(27)24-11-13-25(14-12-24)22(28)20-15-19(20)17-5-3-2-4-6-17/h2-6,18-20H,7-15H2,1H3. The lowest BCUT2D eigenvalue weighted by atomic mass is 9.95. The van der Waals surface area contributed by atoms with Crippen molar-refractivity contribution in [3.8, 4) is 0 Å². The molecule has 6 heteroatoms. The minimum absolute atomic E-state index is 0.0174. The average Bonchev–Trinajstić information content (AvgIpc) is 3.54. The molecule has 2 aliphatic heterocycles. The van der Waals surface area contributed by atoms with Crippen molar-refractivity contribution in [3.05, 3.63) is 35.9 Å². The van der Waals surface area contributed by atoms with Gasteiger partial charge in [-0.25, -0.2) is 0 Å². The lowest BCUT2D eigenvalue weighted by Crippen LogP contribution is -2.53. The highest BCUT2D eigenvalue weighted by atomic mass is 16.2. The van der Waals surface area contributed by atoms with Crippen LogP contribution in [0.3, 0.4) is 0 Å². The van der Waals surface area contributed by atoms with Crippen LogP contribution in [-0.2, 0) is 14.4 Å². The molecule has 28 heavy (non-hydrogen) atoms. The number of carbonyl (C=O) groups excluding carboxylic acids is 3. The smallest absolute Gasteiger partial charge is 0.226 e. The number of piperazine rings is 1. The van der Waals surface area contributed by atoms with E-state index < -0.39 is 0 Å². The summed E-state index contributed by atoms with van der Waals surface area (Å²) in [5, 5.41) is 0. The Kier molecular flexibility index (Phi) is 5.38. The Labute approximate surface area is 166 Å². The lowest BCUT2D eigenvalue weighted by Gasteiger charge is -2.38. The van der Waals surface area contributed by atoms with E-state index in [1.165, 1.54) is 5.56 Å². The quantitative estimate of drug-likeness (QED) is 0.799. The van der Waals surface area contributed by atoms with Crippen LogP contribution in [-0.4, -0.2) is 71.7 Å². The molecule has 3 aliphatic rings. The first-order valence-corrected chi connectivity index (χ1v) is 10.4. The zero-order valence-corrected chi connectivity index (χ0v) is 16.5. The van der Waals surface area contributed by atoms with Gasteiger partial charge >= 0.3 is 0 Å². The Hall–Kier alpha value is -2.37. The summed E-state index contributed by atoms with van der Waals surface area (Å²) >= 11 is 0. The van der Waals surface area contributed by atoms with Gasteiger partial charge in [-0.3, -0.25) is 14.4 Å². The fourth-order valence-electron chi connectivity index (χ4n) is 4.62. The van der Waals surface area contributed by atoms with Crippen LogP contribution in [0.25, 0.3) is 0 Å². The number of benzene rings is 1. The molecule has 0 spiro atoms. The van der Waals surface area contributed by atoms with Gasteiger partial charge < -0.3 is 14.7 Å². The SMILES string of the molecule is CC(=O)N1CCC(C(=O)N2CCN(C(=O)C3CC3c3ccccc3)CC2)CC1. The van der Waals surface area contributed by atoms with Crippen molar-refractivity contribution in [2.45, 2.75) is 32.1 Å². The molecule has 3 fully saturated rings. The molecule has 2 heterocycles. The van der Waals surface area contributed by atoms with Crippen molar-refractivity contribution < 1.29 is 14.4 Å². The van der Waals surface area contributed by atoms with Crippen molar-refractivity contribution in [2.75, 3.05) is 39.3 Å². The maximum absolute atomic E-state index is 12.8. The monoisotopic (exact) mass is 383 g/mol. The van der Waals surface area contributed by atoms with Crippen molar-refractivity contribution in [2.24, 2.45) is 11.8 Å². The van der Waals surface area contributed by atoms with Crippen LogP contribution in [0.1, 0.15) is 37.7 Å². The van der Waals surface area contributed by atoms with Gasteiger partial charge in [-0.15, -0.1) is 0 Å². The predicted octanol–water partition coefficient (Wildman–Crippen LogP) is 1.72. The molecule has 2 unspecified atom stereocenters. The van der Waals surface area contributed by atoms with Gasteiger partial charge in [-0.2, -0.15) is 0 Å². The number of rotatable bonds is 3. The number of hydrogen-bond donors (Lipinski definition) is 0. The molecule has 1 aromatic carbocycles. The number of amides is 3. The van der Waals surface area contributed by atoms with Crippen LogP contribution in [0.15, 0.2) is 30.3 Å². The first kappa shape index (κ1) is 19.0. The number of piperidine rings is 1. The Bertz CT molecular complexity index is 735. The summed E-state index contributed by atoms with van der Waals surface area (Å²) in [6.07, 6.45) is 2.44. The number of likely N-dealkylation sites (tertiary alicyclic amines) is 1. The van der Waals surface area contributed by atoms with Crippen LogP contribution < -0.4 is 0 Å². The van der Waals surface area contributed by atoms with Crippen LogP contribution in [0.4, 0.5) is 0 Å².